The van der Waals surface area contributed by atoms with Crippen LogP contribution in [0.5, 0.6) is 0 Å². The van der Waals surface area contributed by atoms with E-state index >= 15 is 0 Å². The fourth-order valence-electron chi connectivity index (χ4n) is 0.287. The molecule has 0 heterocycles. The molecule has 0 bridgehead atoms. The number of hydrogen-bond acceptors (Lipinski definition) is 3. The van der Waals surface area contributed by atoms with Gasteiger partial charge in [0.15, 0.2) is 0 Å². The van der Waals surface area contributed by atoms with Crippen molar-refractivity contribution in [1.29, 1.82) is 0 Å². The van der Waals surface area contributed by atoms with Crippen molar-refractivity contribution < 1.29 is 4.84 Å². The number of nitrogens with two attached hydrogens (primary N) is 1. The first-order valence-electron chi connectivity index (χ1n) is 2.42. The Morgan fingerprint density at radius 2 is 2.25 bits per heavy atom. The van der Waals surface area contributed by atoms with Gasteiger partial charge in [0.25, 0.3) is 0 Å². The van der Waals surface area contributed by atoms with Crippen LogP contribution in [-0.2, 0) is 4.84 Å². The summed E-state index contributed by atoms with van der Waals surface area (Å²) in [6.07, 6.45) is 1.77. The fraction of sp³-hybridized carbons (Fsp3) is 0.600. The molecule has 0 aliphatic heterocycles. The monoisotopic (exact) mass is 116 g/mol. The zero-order chi connectivity index (χ0) is 6.57. The molecular formula is C5H12N2O. The lowest BCUT2D eigenvalue weighted by molar-refractivity contribution is -0.0785. The van der Waals surface area contributed by atoms with Crippen LogP contribution in [0.4, 0.5) is 0 Å². The number of nitrogens with zero attached hydrogens (tertiary/aromatic N) is 1. The first-order valence-corrected chi connectivity index (χ1v) is 2.42. The van der Waals surface area contributed by atoms with Crippen molar-refractivity contribution in [3.63, 3.8) is 0 Å². The third kappa shape index (κ3) is 1.84. The molecule has 48 valence electrons. The van der Waals surface area contributed by atoms with Gasteiger partial charge in [-0.05, 0) is 13.0 Å². The normalized spacial score (nSPS) is 11.6. The number of hydrogen-bond donors (Lipinski definition) is 1. The van der Waals surface area contributed by atoms with Gasteiger partial charge < -0.3 is 5.73 Å². The standard InChI is InChI=1S/C5H12N2O/c1-4-5(6)7(2)8-3/h4H,6H2,1-3H3/b5-4-. The van der Waals surface area contributed by atoms with Crippen LogP contribution in [-0.4, -0.2) is 19.2 Å². The van der Waals surface area contributed by atoms with E-state index in [0.29, 0.717) is 5.82 Å². The van der Waals surface area contributed by atoms with Crippen LogP contribution in [0.1, 0.15) is 6.92 Å². The molecule has 0 saturated carbocycles. The minimum Gasteiger partial charge on any atom is -0.384 e. The molecule has 3 nitrogen and oxygen atoms in total. The Hall–Kier alpha value is -0.700. The van der Waals surface area contributed by atoms with Gasteiger partial charge >= 0.3 is 0 Å². The van der Waals surface area contributed by atoms with Gasteiger partial charge in [0.1, 0.15) is 5.82 Å². The highest BCUT2D eigenvalue weighted by molar-refractivity contribution is 4.87. The van der Waals surface area contributed by atoms with E-state index in [4.69, 9.17) is 10.6 Å². The Balaban J connectivity index is 3.63. The Morgan fingerprint density at radius 1 is 1.75 bits per heavy atom. The van der Waals surface area contributed by atoms with Gasteiger partial charge in [-0.2, -0.15) is 0 Å². The summed E-state index contributed by atoms with van der Waals surface area (Å²) in [6.45, 7) is 1.85. The largest absolute Gasteiger partial charge is 0.384 e. The summed E-state index contributed by atoms with van der Waals surface area (Å²) >= 11 is 0. The molecule has 0 aromatic carbocycles. The van der Waals surface area contributed by atoms with Gasteiger partial charge in [0, 0.05) is 7.05 Å². The van der Waals surface area contributed by atoms with E-state index in [1.54, 1.807) is 20.2 Å². The number of allylic oxidation sites excluding steroid dienone is 1. The average Bonchev–Trinajstić information content (AvgIpc) is 1.84. The summed E-state index contributed by atoms with van der Waals surface area (Å²) < 4.78 is 0. The molecule has 0 saturated heterocycles. The van der Waals surface area contributed by atoms with E-state index in [1.807, 2.05) is 6.92 Å². The number of hydroxylamine groups is 2. The quantitative estimate of drug-likeness (QED) is 0.527. The van der Waals surface area contributed by atoms with Gasteiger partial charge in [-0.1, -0.05) is 0 Å². The fourth-order valence-corrected chi connectivity index (χ4v) is 0.287. The predicted molar refractivity (Wildman–Crippen MR) is 32.7 cm³/mol. The Labute approximate surface area is 49.7 Å². The third-order valence-electron chi connectivity index (χ3n) is 0.933. The molecular weight excluding hydrogens is 104 g/mol. The van der Waals surface area contributed by atoms with Crippen LogP contribution < -0.4 is 5.73 Å². The molecule has 0 amide bonds. The summed E-state index contributed by atoms with van der Waals surface area (Å²) in [5.41, 5.74) is 5.39. The van der Waals surface area contributed by atoms with Gasteiger partial charge in [-0.15, -0.1) is 0 Å². The van der Waals surface area contributed by atoms with Crippen LogP contribution in [0.2, 0.25) is 0 Å². The third-order valence-corrected chi connectivity index (χ3v) is 0.933. The van der Waals surface area contributed by atoms with Crippen molar-refractivity contribution in [2.75, 3.05) is 14.2 Å². The van der Waals surface area contributed by atoms with Gasteiger partial charge in [0.05, 0.1) is 7.11 Å². The van der Waals surface area contributed by atoms with Crippen LogP contribution in [0, 0.1) is 0 Å². The molecule has 0 aliphatic rings. The van der Waals surface area contributed by atoms with Gasteiger partial charge in [-0.25, -0.2) is 5.06 Å². The van der Waals surface area contributed by atoms with Crippen molar-refractivity contribution in [3.05, 3.63) is 11.9 Å². The van der Waals surface area contributed by atoms with E-state index < -0.39 is 0 Å². The summed E-state index contributed by atoms with van der Waals surface area (Å²) in [5, 5.41) is 1.49. The second kappa shape index (κ2) is 3.32. The summed E-state index contributed by atoms with van der Waals surface area (Å²) in [4.78, 5) is 4.74. The first-order chi connectivity index (χ1) is 3.72. The van der Waals surface area contributed by atoms with Gasteiger partial charge in [-0.3, -0.25) is 4.84 Å². The Kier molecular flexibility index (Phi) is 3.03. The Bertz CT molecular complexity index is 90.4. The molecule has 0 radical (unpaired) electrons. The highest BCUT2D eigenvalue weighted by Gasteiger charge is 1.91. The molecule has 0 unspecified atom stereocenters. The van der Waals surface area contributed by atoms with Gasteiger partial charge in [0.2, 0.25) is 0 Å². The second-order valence-corrected chi connectivity index (χ2v) is 1.39. The van der Waals surface area contributed by atoms with E-state index in [1.165, 1.54) is 5.06 Å². The second-order valence-electron chi connectivity index (χ2n) is 1.39. The zero-order valence-electron chi connectivity index (χ0n) is 5.51. The van der Waals surface area contributed by atoms with Crippen LogP contribution in [0.3, 0.4) is 0 Å². The van der Waals surface area contributed by atoms with Crippen molar-refractivity contribution in [2.45, 2.75) is 6.92 Å². The SMILES string of the molecule is C/C=C(/N)N(C)OC. The highest BCUT2D eigenvalue weighted by atomic mass is 16.7. The lowest BCUT2D eigenvalue weighted by Gasteiger charge is -2.14. The number of rotatable bonds is 2. The molecule has 0 aromatic rings. The minimum absolute atomic E-state index is 0.618. The highest BCUT2D eigenvalue weighted by Crippen LogP contribution is 1.89. The molecule has 0 atom stereocenters. The molecule has 0 aliphatic carbocycles. The maximum atomic E-state index is 5.39. The average molecular weight is 116 g/mol. The summed E-state index contributed by atoms with van der Waals surface area (Å²) in [6, 6.07) is 0. The van der Waals surface area contributed by atoms with E-state index in [-0.39, 0.29) is 0 Å². The summed E-state index contributed by atoms with van der Waals surface area (Å²) in [7, 11) is 3.31. The molecule has 0 aromatic heterocycles. The van der Waals surface area contributed by atoms with Crippen molar-refractivity contribution >= 4 is 0 Å². The Morgan fingerprint density at radius 3 is 2.38 bits per heavy atom. The van der Waals surface area contributed by atoms with E-state index in [0.717, 1.165) is 0 Å². The maximum absolute atomic E-state index is 5.39. The van der Waals surface area contributed by atoms with Crippen LogP contribution >= 0.6 is 0 Å². The molecule has 0 spiro atoms. The van der Waals surface area contributed by atoms with E-state index in [2.05, 4.69) is 0 Å². The molecule has 2 N–H and O–H groups in total. The molecule has 0 rings (SSSR count). The van der Waals surface area contributed by atoms with Crippen molar-refractivity contribution in [3.8, 4) is 0 Å². The lowest BCUT2D eigenvalue weighted by atomic mass is 10.6. The van der Waals surface area contributed by atoms with E-state index in [9.17, 15) is 0 Å². The molecule has 8 heavy (non-hydrogen) atoms. The van der Waals surface area contributed by atoms with Crippen molar-refractivity contribution in [2.24, 2.45) is 5.73 Å². The van der Waals surface area contributed by atoms with Crippen LogP contribution in [0.25, 0.3) is 0 Å². The zero-order valence-corrected chi connectivity index (χ0v) is 5.51. The van der Waals surface area contributed by atoms with Crippen molar-refractivity contribution in [1.82, 2.24) is 5.06 Å². The predicted octanol–water partition coefficient (Wildman–Crippen LogP) is 0.300. The minimum atomic E-state index is 0.618. The summed E-state index contributed by atoms with van der Waals surface area (Å²) in [5.74, 6) is 0.618. The van der Waals surface area contributed by atoms with Crippen LogP contribution in [0.15, 0.2) is 11.9 Å². The smallest absolute Gasteiger partial charge is 0.119 e. The lowest BCUT2D eigenvalue weighted by Crippen LogP contribution is -2.21. The maximum Gasteiger partial charge on any atom is 0.119 e. The molecule has 0 fully saturated rings. The topological polar surface area (TPSA) is 38.5 Å². The first kappa shape index (κ1) is 7.30. The molecule has 3 heteroatoms.